The minimum Gasteiger partial charge on any atom is -0.399 e. The number of aromatic nitrogens is 2. The van der Waals surface area contributed by atoms with Gasteiger partial charge < -0.3 is 11.5 Å². The fourth-order valence-corrected chi connectivity index (χ4v) is 3.51. The highest BCUT2D eigenvalue weighted by Gasteiger charge is 2.19. The molecule has 1 atom stereocenters. The Labute approximate surface area is 169 Å². The molecule has 0 aliphatic heterocycles. The number of hydrogen-bond acceptors (Lipinski definition) is 4. The first-order valence-corrected chi connectivity index (χ1v) is 9.43. The molecule has 0 bridgehead atoms. The van der Waals surface area contributed by atoms with Crippen molar-refractivity contribution in [3.8, 4) is 22.3 Å². The molecule has 4 rings (SSSR count). The molecule has 1 unspecified atom stereocenters. The Bertz CT molecular complexity index is 1210. The van der Waals surface area contributed by atoms with Gasteiger partial charge in [-0.1, -0.05) is 54.6 Å². The van der Waals surface area contributed by atoms with E-state index in [-0.39, 0.29) is 11.6 Å². The quantitative estimate of drug-likeness (QED) is 0.514. The van der Waals surface area contributed by atoms with Crippen LogP contribution in [-0.2, 0) is 0 Å². The van der Waals surface area contributed by atoms with Crippen LogP contribution in [0.4, 0.5) is 11.4 Å². The summed E-state index contributed by atoms with van der Waals surface area (Å²) in [5.41, 5.74) is 16.9. The number of nitrogen functional groups attached to an aromatic ring is 2. The minimum atomic E-state index is -0.210. The van der Waals surface area contributed by atoms with Gasteiger partial charge in [-0.3, -0.25) is 4.79 Å². The van der Waals surface area contributed by atoms with Crippen LogP contribution < -0.4 is 17.0 Å². The highest BCUT2D eigenvalue weighted by Crippen LogP contribution is 2.31. The van der Waals surface area contributed by atoms with E-state index in [1.165, 1.54) is 4.68 Å². The zero-order valence-electron chi connectivity index (χ0n) is 16.1. The summed E-state index contributed by atoms with van der Waals surface area (Å²) in [6, 6.07) is 24.4. The summed E-state index contributed by atoms with van der Waals surface area (Å²) >= 11 is 0. The molecule has 0 aliphatic carbocycles. The third-order valence-electron chi connectivity index (χ3n) is 5.02. The van der Waals surface area contributed by atoms with Gasteiger partial charge in [0.15, 0.2) is 0 Å². The monoisotopic (exact) mass is 382 g/mol. The van der Waals surface area contributed by atoms with Gasteiger partial charge in [-0.2, -0.15) is 5.10 Å². The lowest BCUT2D eigenvalue weighted by molar-refractivity contribution is 0.533. The fourth-order valence-electron chi connectivity index (χ4n) is 3.51. The number of nitrogens with two attached hydrogens (primary N) is 2. The molecule has 0 amide bonds. The van der Waals surface area contributed by atoms with Crippen molar-refractivity contribution >= 4 is 11.4 Å². The molecule has 0 saturated heterocycles. The summed E-state index contributed by atoms with van der Waals surface area (Å²) in [6.07, 6.45) is 1.73. The van der Waals surface area contributed by atoms with Crippen molar-refractivity contribution in [3.05, 3.63) is 101 Å². The van der Waals surface area contributed by atoms with Gasteiger partial charge in [0.1, 0.15) is 0 Å². The molecule has 5 nitrogen and oxygen atoms in total. The van der Waals surface area contributed by atoms with Gasteiger partial charge in [0.25, 0.3) is 5.56 Å². The molecule has 4 N–H and O–H groups in total. The van der Waals surface area contributed by atoms with Crippen LogP contribution in [0.15, 0.2) is 89.9 Å². The number of anilines is 2. The standard InChI is InChI=1S/C24H22N4O/c1-16(17-7-3-2-4-8-17)28-24(29)23(19-10-6-12-21(26)14-19)22(15-27-28)18-9-5-11-20(25)13-18/h2-16H,25-26H2,1H3. The van der Waals surface area contributed by atoms with Gasteiger partial charge in [0.2, 0.25) is 0 Å². The molecule has 144 valence electrons. The third-order valence-corrected chi connectivity index (χ3v) is 5.02. The Morgan fingerprint density at radius 3 is 2.10 bits per heavy atom. The minimum absolute atomic E-state index is 0.174. The van der Waals surface area contributed by atoms with Gasteiger partial charge >= 0.3 is 0 Å². The van der Waals surface area contributed by atoms with Gasteiger partial charge in [-0.05, 0) is 47.9 Å². The molecule has 29 heavy (non-hydrogen) atoms. The second-order valence-corrected chi connectivity index (χ2v) is 7.02. The summed E-state index contributed by atoms with van der Waals surface area (Å²) in [5.74, 6) is 0. The van der Waals surface area contributed by atoms with Crippen molar-refractivity contribution < 1.29 is 0 Å². The number of rotatable bonds is 4. The Balaban J connectivity index is 1.96. The molecular weight excluding hydrogens is 360 g/mol. The predicted molar refractivity (Wildman–Crippen MR) is 118 cm³/mol. The van der Waals surface area contributed by atoms with Gasteiger partial charge in [0.05, 0.1) is 17.8 Å². The van der Waals surface area contributed by atoms with Gasteiger partial charge in [-0.15, -0.1) is 0 Å². The van der Waals surface area contributed by atoms with Crippen LogP contribution in [0.3, 0.4) is 0 Å². The summed E-state index contributed by atoms with van der Waals surface area (Å²) in [6.45, 7) is 1.97. The van der Waals surface area contributed by atoms with E-state index in [1.807, 2.05) is 79.7 Å². The van der Waals surface area contributed by atoms with E-state index in [0.29, 0.717) is 16.9 Å². The van der Waals surface area contributed by atoms with Crippen LogP contribution in [0.5, 0.6) is 0 Å². The molecule has 0 fully saturated rings. The second kappa shape index (κ2) is 7.64. The van der Waals surface area contributed by atoms with Crippen LogP contribution in [0.2, 0.25) is 0 Å². The van der Waals surface area contributed by atoms with Crippen molar-refractivity contribution in [1.29, 1.82) is 0 Å². The number of hydrogen-bond donors (Lipinski definition) is 2. The first kappa shape index (κ1) is 18.5. The maximum Gasteiger partial charge on any atom is 0.275 e. The third kappa shape index (κ3) is 3.62. The smallest absolute Gasteiger partial charge is 0.275 e. The maximum absolute atomic E-state index is 13.6. The zero-order valence-corrected chi connectivity index (χ0v) is 16.1. The number of nitrogens with zero attached hydrogens (tertiary/aromatic N) is 2. The van der Waals surface area contributed by atoms with E-state index in [1.54, 1.807) is 12.3 Å². The SMILES string of the molecule is CC(c1ccccc1)n1ncc(-c2cccc(N)c2)c(-c2cccc(N)c2)c1=O. The predicted octanol–water partition coefficient (Wildman–Crippen LogP) is 4.35. The normalized spacial score (nSPS) is 11.9. The molecular formula is C24H22N4O. The van der Waals surface area contributed by atoms with Crippen LogP contribution in [-0.4, -0.2) is 9.78 Å². The molecule has 4 aromatic rings. The average Bonchev–Trinajstić information content (AvgIpc) is 2.73. The van der Waals surface area contributed by atoms with Crippen molar-refractivity contribution in [2.45, 2.75) is 13.0 Å². The lowest BCUT2D eigenvalue weighted by atomic mass is 9.96. The van der Waals surface area contributed by atoms with Crippen LogP contribution in [0.1, 0.15) is 18.5 Å². The highest BCUT2D eigenvalue weighted by molar-refractivity contribution is 5.84. The van der Waals surface area contributed by atoms with Crippen molar-refractivity contribution in [1.82, 2.24) is 9.78 Å². The molecule has 0 radical (unpaired) electrons. The van der Waals surface area contributed by atoms with Crippen LogP contribution in [0, 0.1) is 0 Å². The summed E-state index contributed by atoms with van der Waals surface area (Å²) in [7, 11) is 0. The first-order valence-electron chi connectivity index (χ1n) is 9.43. The summed E-state index contributed by atoms with van der Waals surface area (Å²) in [4.78, 5) is 13.6. The Morgan fingerprint density at radius 1 is 0.828 bits per heavy atom. The van der Waals surface area contributed by atoms with Crippen molar-refractivity contribution in [2.75, 3.05) is 11.5 Å². The van der Waals surface area contributed by atoms with E-state index in [4.69, 9.17) is 11.5 Å². The van der Waals surface area contributed by atoms with Crippen LogP contribution >= 0.6 is 0 Å². The topological polar surface area (TPSA) is 86.9 Å². The average molecular weight is 382 g/mol. The van der Waals surface area contributed by atoms with Crippen molar-refractivity contribution in [3.63, 3.8) is 0 Å². The van der Waals surface area contributed by atoms with E-state index in [2.05, 4.69) is 5.10 Å². The zero-order chi connectivity index (χ0) is 20.4. The summed E-state index contributed by atoms with van der Waals surface area (Å²) < 4.78 is 1.52. The largest absolute Gasteiger partial charge is 0.399 e. The van der Waals surface area contributed by atoms with E-state index in [9.17, 15) is 4.79 Å². The molecule has 0 spiro atoms. The molecule has 3 aromatic carbocycles. The Kier molecular flexibility index (Phi) is 4.87. The molecule has 5 heteroatoms. The second-order valence-electron chi connectivity index (χ2n) is 7.02. The Morgan fingerprint density at radius 2 is 1.45 bits per heavy atom. The van der Waals surface area contributed by atoms with E-state index < -0.39 is 0 Å². The first-order chi connectivity index (χ1) is 14.0. The lowest BCUT2D eigenvalue weighted by Crippen LogP contribution is -2.28. The van der Waals surface area contributed by atoms with Gasteiger partial charge in [-0.25, -0.2) is 4.68 Å². The summed E-state index contributed by atoms with van der Waals surface area (Å²) in [5, 5.41) is 4.50. The lowest BCUT2D eigenvalue weighted by Gasteiger charge is -2.18. The highest BCUT2D eigenvalue weighted by atomic mass is 16.1. The van der Waals surface area contributed by atoms with Gasteiger partial charge in [0, 0.05) is 16.9 Å². The van der Waals surface area contributed by atoms with E-state index >= 15 is 0 Å². The molecule has 1 heterocycles. The van der Waals surface area contributed by atoms with E-state index in [0.717, 1.165) is 22.3 Å². The maximum atomic E-state index is 13.6. The molecule has 0 saturated carbocycles. The Hall–Kier alpha value is -3.86. The van der Waals surface area contributed by atoms with Crippen molar-refractivity contribution in [2.24, 2.45) is 0 Å². The number of benzene rings is 3. The molecule has 0 aliphatic rings. The van der Waals surface area contributed by atoms with Crippen LogP contribution in [0.25, 0.3) is 22.3 Å². The molecule has 1 aromatic heterocycles. The fraction of sp³-hybridized carbons (Fsp3) is 0.0833.